The standard InChI is InChI=1S/C10H6BrClOS2/c1-5-6(4-8(11)14-5)10(13)7-2-3-9(12)15-7/h2-4H,1H3. The second-order valence-electron chi connectivity index (χ2n) is 2.95. The van der Waals surface area contributed by atoms with Crippen molar-refractivity contribution in [1.29, 1.82) is 0 Å². The Hall–Kier alpha value is -0.160. The number of carbonyl (C=O) groups excluding carboxylic acids is 1. The summed E-state index contributed by atoms with van der Waals surface area (Å²) in [6, 6.07) is 5.37. The zero-order valence-electron chi connectivity index (χ0n) is 7.71. The molecular formula is C10H6BrClOS2. The normalized spacial score (nSPS) is 10.6. The van der Waals surface area contributed by atoms with Crippen molar-refractivity contribution in [1.82, 2.24) is 0 Å². The summed E-state index contributed by atoms with van der Waals surface area (Å²) in [5.41, 5.74) is 0.755. The lowest BCUT2D eigenvalue weighted by atomic mass is 10.1. The van der Waals surface area contributed by atoms with E-state index in [9.17, 15) is 4.79 Å². The van der Waals surface area contributed by atoms with E-state index in [-0.39, 0.29) is 5.78 Å². The summed E-state index contributed by atoms with van der Waals surface area (Å²) >= 11 is 12.0. The van der Waals surface area contributed by atoms with Crippen molar-refractivity contribution >= 4 is 56.0 Å². The predicted octanol–water partition coefficient (Wildman–Crippen LogP) is 4.76. The summed E-state index contributed by atoms with van der Waals surface area (Å²) in [7, 11) is 0. The van der Waals surface area contributed by atoms with Crippen molar-refractivity contribution in [2.75, 3.05) is 0 Å². The maximum absolute atomic E-state index is 12.0. The number of halogens is 2. The molecule has 1 nitrogen and oxygen atoms in total. The second kappa shape index (κ2) is 4.37. The first kappa shape index (κ1) is 11.3. The van der Waals surface area contributed by atoms with Gasteiger partial charge in [-0.2, -0.15) is 0 Å². The summed E-state index contributed by atoms with van der Waals surface area (Å²) in [6.45, 7) is 1.94. The van der Waals surface area contributed by atoms with Crippen LogP contribution in [0.4, 0.5) is 0 Å². The highest BCUT2D eigenvalue weighted by Gasteiger charge is 2.16. The molecule has 0 radical (unpaired) electrons. The molecule has 0 aliphatic carbocycles. The van der Waals surface area contributed by atoms with Crippen LogP contribution in [0.5, 0.6) is 0 Å². The average Bonchev–Trinajstić information content (AvgIpc) is 2.71. The molecule has 0 unspecified atom stereocenters. The van der Waals surface area contributed by atoms with Crippen LogP contribution in [0.1, 0.15) is 20.1 Å². The molecule has 78 valence electrons. The first-order chi connectivity index (χ1) is 7.08. The maximum Gasteiger partial charge on any atom is 0.204 e. The molecule has 0 fully saturated rings. The SMILES string of the molecule is Cc1sc(Br)cc1C(=O)c1ccc(Cl)s1. The highest BCUT2D eigenvalue weighted by atomic mass is 79.9. The fourth-order valence-corrected chi connectivity index (χ4v) is 3.93. The van der Waals surface area contributed by atoms with Gasteiger partial charge >= 0.3 is 0 Å². The number of thiophene rings is 2. The highest BCUT2D eigenvalue weighted by Crippen LogP contribution is 2.30. The van der Waals surface area contributed by atoms with E-state index in [2.05, 4.69) is 15.9 Å². The van der Waals surface area contributed by atoms with Gasteiger partial charge in [-0.25, -0.2) is 0 Å². The van der Waals surface area contributed by atoms with E-state index in [0.717, 1.165) is 14.2 Å². The number of aryl methyl sites for hydroxylation is 1. The van der Waals surface area contributed by atoms with Gasteiger partial charge < -0.3 is 0 Å². The van der Waals surface area contributed by atoms with Gasteiger partial charge in [-0.1, -0.05) is 11.6 Å². The summed E-state index contributed by atoms with van der Waals surface area (Å²) in [5.74, 6) is 0.0475. The molecule has 0 bridgehead atoms. The third-order valence-corrected chi connectivity index (χ3v) is 4.71. The number of ketones is 1. The lowest BCUT2D eigenvalue weighted by molar-refractivity contribution is 0.104. The van der Waals surface area contributed by atoms with E-state index in [1.165, 1.54) is 11.3 Å². The Bertz CT molecular complexity index is 515. The third-order valence-electron chi connectivity index (χ3n) is 1.93. The molecule has 0 amide bonds. The number of hydrogen-bond donors (Lipinski definition) is 0. The van der Waals surface area contributed by atoms with Crippen LogP contribution in [0.15, 0.2) is 22.0 Å². The van der Waals surface area contributed by atoms with Crippen molar-refractivity contribution in [3.05, 3.63) is 41.6 Å². The van der Waals surface area contributed by atoms with E-state index in [1.54, 1.807) is 23.5 Å². The van der Waals surface area contributed by atoms with Crippen LogP contribution in [0.25, 0.3) is 0 Å². The molecule has 2 aromatic rings. The van der Waals surface area contributed by atoms with Gasteiger partial charge in [0.2, 0.25) is 5.78 Å². The Morgan fingerprint density at radius 3 is 2.60 bits per heavy atom. The van der Waals surface area contributed by atoms with Gasteiger partial charge in [0.15, 0.2) is 0 Å². The van der Waals surface area contributed by atoms with E-state index in [0.29, 0.717) is 9.21 Å². The molecule has 0 N–H and O–H groups in total. The molecule has 5 heteroatoms. The molecule has 2 rings (SSSR count). The number of rotatable bonds is 2. The Kier molecular flexibility index (Phi) is 3.30. The van der Waals surface area contributed by atoms with Crippen LogP contribution in [0.3, 0.4) is 0 Å². The Balaban J connectivity index is 2.40. The quantitative estimate of drug-likeness (QED) is 0.729. The second-order valence-corrected chi connectivity index (χ2v) is 7.30. The zero-order valence-corrected chi connectivity index (χ0v) is 11.7. The molecule has 0 aromatic carbocycles. The molecule has 0 atom stereocenters. The van der Waals surface area contributed by atoms with Gasteiger partial charge in [0.05, 0.1) is 13.0 Å². The summed E-state index contributed by atoms with van der Waals surface area (Å²) in [4.78, 5) is 13.7. The van der Waals surface area contributed by atoms with Crippen LogP contribution < -0.4 is 0 Å². The van der Waals surface area contributed by atoms with E-state index >= 15 is 0 Å². The molecule has 0 aliphatic rings. The van der Waals surface area contributed by atoms with Crippen molar-refractivity contribution in [2.24, 2.45) is 0 Å². The summed E-state index contributed by atoms with van der Waals surface area (Å²) in [6.07, 6.45) is 0. The van der Waals surface area contributed by atoms with Gasteiger partial charge in [0.1, 0.15) is 0 Å². The summed E-state index contributed by atoms with van der Waals surface area (Å²) < 4.78 is 1.62. The average molecular weight is 322 g/mol. The first-order valence-corrected chi connectivity index (χ1v) is 6.94. The molecule has 0 saturated heterocycles. The molecule has 0 spiro atoms. The van der Waals surface area contributed by atoms with Crippen LogP contribution in [-0.4, -0.2) is 5.78 Å². The molecular weight excluding hydrogens is 316 g/mol. The van der Waals surface area contributed by atoms with Crippen molar-refractivity contribution in [3.8, 4) is 0 Å². The maximum atomic E-state index is 12.0. The molecule has 2 heterocycles. The minimum absolute atomic E-state index is 0.0475. The van der Waals surface area contributed by atoms with Crippen molar-refractivity contribution < 1.29 is 4.79 Å². The Morgan fingerprint density at radius 1 is 1.40 bits per heavy atom. The van der Waals surface area contributed by atoms with Gasteiger partial charge in [0, 0.05) is 10.4 Å². The number of hydrogen-bond acceptors (Lipinski definition) is 3. The van der Waals surface area contributed by atoms with Crippen LogP contribution >= 0.6 is 50.2 Å². The van der Waals surface area contributed by atoms with Crippen LogP contribution in [0.2, 0.25) is 4.34 Å². The lowest BCUT2D eigenvalue weighted by Gasteiger charge is -1.94. The van der Waals surface area contributed by atoms with Gasteiger partial charge in [-0.05, 0) is 41.1 Å². The Labute approximate surface area is 109 Å². The fourth-order valence-electron chi connectivity index (χ4n) is 1.24. The predicted molar refractivity (Wildman–Crippen MR) is 69.5 cm³/mol. The van der Waals surface area contributed by atoms with Gasteiger partial charge in [-0.15, -0.1) is 22.7 Å². The highest BCUT2D eigenvalue weighted by molar-refractivity contribution is 9.11. The largest absolute Gasteiger partial charge is 0.288 e. The van der Waals surface area contributed by atoms with Crippen molar-refractivity contribution in [2.45, 2.75) is 6.92 Å². The fraction of sp³-hybridized carbons (Fsp3) is 0.100. The van der Waals surface area contributed by atoms with Gasteiger partial charge in [0.25, 0.3) is 0 Å². The lowest BCUT2D eigenvalue weighted by Crippen LogP contribution is -1.97. The molecule has 15 heavy (non-hydrogen) atoms. The van der Waals surface area contributed by atoms with Crippen molar-refractivity contribution in [3.63, 3.8) is 0 Å². The minimum Gasteiger partial charge on any atom is -0.288 e. The monoisotopic (exact) mass is 320 g/mol. The van der Waals surface area contributed by atoms with Gasteiger partial charge in [-0.3, -0.25) is 4.79 Å². The van der Waals surface area contributed by atoms with E-state index < -0.39 is 0 Å². The van der Waals surface area contributed by atoms with Crippen LogP contribution in [0, 0.1) is 6.92 Å². The Morgan fingerprint density at radius 2 is 2.13 bits per heavy atom. The molecule has 0 aliphatic heterocycles. The molecule has 0 saturated carbocycles. The zero-order chi connectivity index (χ0) is 11.0. The first-order valence-electron chi connectivity index (χ1n) is 4.14. The number of carbonyl (C=O) groups is 1. The van der Waals surface area contributed by atoms with E-state index in [1.807, 2.05) is 13.0 Å². The minimum atomic E-state index is 0.0475. The van der Waals surface area contributed by atoms with E-state index in [4.69, 9.17) is 11.6 Å². The smallest absolute Gasteiger partial charge is 0.204 e. The van der Waals surface area contributed by atoms with Crippen LogP contribution in [-0.2, 0) is 0 Å². The topological polar surface area (TPSA) is 17.1 Å². The third kappa shape index (κ3) is 2.33. The summed E-state index contributed by atoms with van der Waals surface area (Å²) in [5, 5.41) is 0. The molecule has 2 aromatic heterocycles.